The summed E-state index contributed by atoms with van der Waals surface area (Å²) in [5.74, 6) is 2.10. The number of hydrogen-bond acceptors (Lipinski definition) is 7. The minimum absolute atomic E-state index is 0.208. The second-order valence-electron chi connectivity index (χ2n) is 6.01. The second kappa shape index (κ2) is 7.47. The normalized spacial score (nSPS) is 10.9. The molecule has 1 amide bonds. The fourth-order valence-electron chi connectivity index (χ4n) is 2.76. The number of hydrogen-bond donors (Lipinski definition) is 1. The molecule has 142 valence electrons. The lowest BCUT2D eigenvalue weighted by atomic mass is 10.2. The van der Waals surface area contributed by atoms with Crippen molar-refractivity contribution in [2.45, 2.75) is 19.9 Å². The maximum Gasteiger partial charge on any atom is 0.261 e. The molecule has 0 fully saturated rings. The van der Waals surface area contributed by atoms with Gasteiger partial charge in [-0.2, -0.15) is 4.98 Å². The van der Waals surface area contributed by atoms with Crippen LogP contribution >= 0.6 is 0 Å². The zero-order valence-corrected chi connectivity index (χ0v) is 15.4. The first-order valence-electron chi connectivity index (χ1n) is 8.77. The largest absolute Gasteiger partial charge is 0.497 e. The van der Waals surface area contributed by atoms with E-state index >= 15 is 0 Å². The number of rotatable bonds is 6. The molecule has 0 aliphatic carbocycles. The van der Waals surface area contributed by atoms with Crippen molar-refractivity contribution in [3.8, 4) is 17.2 Å². The van der Waals surface area contributed by atoms with Crippen molar-refractivity contribution in [2.24, 2.45) is 0 Å². The third-order valence-corrected chi connectivity index (χ3v) is 4.28. The molecule has 3 aromatic heterocycles. The van der Waals surface area contributed by atoms with E-state index in [2.05, 4.69) is 25.7 Å². The topological polar surface area (TPSA) is 107 Å². The minimum Gasteiger partial charge on any atom is -0.497 e. The van der Waals surface area contributed by atoms with Crippen molar-refractivity contribution < 1.29 is 14.1 Å². The van der Waals surface area contributed by atoms with E-state index in [1.54, 1.807) is 35.8 Å². The van der Waals surface area contributed by atoms with Gasteiger partial charge >= 0.3 is 0 Å². The number of benzene rings is 1. The average Bonchev–Trinajstić information content (AvgIpc) is 3.39. The smallest absolute Gasteiger partial charge is 0.261 e. The number of nitrogens with zero attached hydrogens (tertiary/aromatic N) is 5. The second-order valence-corrected chi connectivity index (χ2v) is 6.01. The fraction of sp³-hybridized carbons (Fsp3) is 0.211. The van der Waals surface area contributed by atoms with Crippen LogP contribution in [-0.2, 0) is 13.0 Å². The average molecular weight is 378 g/mol. The Kier molecular flexibility index (Phi) is 4.71. The number of amides is 1. The lowest BCUT2D eigenvalue weighted by Crippen LogP contribution is -2.23. The van der Waals surface area contributed by atoms with Gasteiger partial charge in [-0.15, -0.1) is 10.2 Å². The van der Waals surface area contributed by atoms with Crippen molar-refractivity contribution in [1.82, 2.24) is 30.1 Å². The quantitative estimate of drug-likeness (QED) is 0.548. The number of nitrogens with one attached hydrogen (secondary N) is 1. The maximum absolute atomic E-state index is 12.4. The van der Waals surface area contributed by atoms with Gasteiger partial charge in [-0.05, 0) is 36.4 Å². The van der Waals surface area contributed by atoms with Gasteiger partial charge in [0.15, 0.2) is 17.3 Å². The zero-order chi connectivity index (χ0) is 19.5. The molecule has 0 saturated carbocycles. The van der Waals surface area contributed by atoms with Crippen molar-refractivity contribution in [2.75, 3.05) is 7.11 Å². The number of aromatic nitrogens is 5. The SMILES string of the molecule is CCc1noc(-c2cccn3c(CNC(=O)c4ccc(OC)cc4)nnc23)n1. The van der Waals surface area contributed by atoms with Crippen LogP contribution in [0.3, 0.4) is 0 Å². The molecule has 4 aromatic rings. The van der Waals surface area contributed by atoms with Gasteiger partial charge < -0.3 is 14.6 Å². The van der Waals surface area contributed by atoms with Crippen molar-refractivity contribution >= 4 is 11.6 Å². The van der Waals surface area contributed by atoms with Crippen molar-refractivity contribution in [1.29, 1.82) is 0 Å². The fourth-order valence-corrected chi connectivity index (χ4v) is 2.76. The van der Waals surface area contributed by atoms with Gasteiger partial charge in [0.05, 0.1) is 19.2 Å². The summed E-state index contributed by atoms with van der Waals surface area (Å²) in [6.07, 6.45) is 2.51. The van der Waals surface area contributed by atoms with Crippen LogP contribution in [0.4, 0.5) is 0 Å². The number of fused-ring (bicyclic) bond motifs is 1. The van der Waals surface area contributed by atoms with E-state index in [1.807, 2.05) is 25.3 Å². The first-order valence-corrected chi connectivity index (χ1v) is 8.77. The van der Waals surface area contributed by atoms with Crippen LogP contribution in [0.2, 0.25) is 0 Å². The van der Waals surface area contributed by atoms with Gasteiger partial charge in [0.2, 0.25) is 0 Å². The van der Waals surface area contributed by atoms with Gasteiger partial charge in [0, 0.05) is 18.2 Å². The molecular formula is C19H18N6O3. The number of pyridine rings is 1. The molecule has 0 spiro atoms. The Morgan fingerprint density at radius 1 is 1.21 bits per heavy atom. The number of aryl methyl sites for hydroxylation is 1. The molecule has 0 radical (unpaired) electrons. The Bertz CT molecular complexity index is 1120. The molecule has 0 bridgehead atoms. The molecule has 0 atom stereocenters. The highest BCUT2D eigenvalue weighted by Gasteiger charge is 2.16. The Morgan fingerprint density at radius 2 is 2.04 bits per heavy atom. The third-order valence-electron chi connectivity index (χ3n) is 4.28. The molecule has 0 aliphatic heterocycles. The van der Waals surface area contributed by atoms with E-state index in [4.69, 9.17) is 9.26 Å². The Morgan fingerprint density at radius 3 is 2.75 bits per heavy atom. The van der Waals surface area contributed by atoms with Gasteiger partial charge in [-0.3, -0.25) is 9.20 Å². The summed E-state index contributed by atoms with van der Waals surface area (Å²) in [6, 6.07) is 10.6. The Balaban J connectivity index is 1.54. The molecule has 4 rings (SSSR count). The summed E-state index contributed by atoms with van der Waals surface area (Å²) >= 11 is 0. The van der Waals surface area contributed by atoms with Crippen molar-refractivity contribution in [3.63, 3.8) is 0 Å². The van der Waals surface area contributed by atoms with Gasteiger partial charge in [-0.25, -0.2) is 0 Å². The van der Waals surface area contributed by atoms with Crippen LogP contribution in [0.15, 0.2) is 47.1 Å². The van der Waals surface area contributed by atoms with Crippen molar-refractivity contribution in [3.05, 3.63) is 59.8 Å². The molecule has 1 aromatic carbocycles. The summed E-state index contributed by atoms with van der Waals surface area (Å²) in [5, 5.41) is 15.2. The summed E-state index contributed by atoms with van der Waals surface area (Å²) < 4.78 is 12.2. The van der Waals surface area contributed by atoms with Gasteiger partial charge in [-0.1, -0.05) is 12.1 Å². The highest BCUT2D eigenvalue weighted by Crippen LogP contribution is 2.22. The number of carbonyl (C=O) groups excluding carboxylic acids is 1. The summed E-state index contributed by atoms with van der Waals surface area (Å²) in [7, 11) is 1.58. The molecule has 3 heterocycles. The van der Waals surface area contributed by atoms with E-state index in [1.165, 1.54) is 0 Å². The molecule has 0 saturated heterocycles. The number of carbonyl (C=O) groups is 1. The van der Waals surface area contributed by atoms with Crippen LogP contribution in [0.1, 0.15) is 28.9 Å². The first kappa shape index (κ1) is 17.7. The molecule has 9 heteroatoms. The van der Waals surface area contributed by atoms with E-state index in [9.17, 15) is 4.79 Å². The van der Waals surface area contributed by atoms with E-state index in [0.29, 0.717) is 46.5 Å². The van der Waals surface area contributed by atoms with E-state index in [0.717, 1.165) is 0 Å². The predicted octanol–water partition coefficient (Wildman–Crippen LogP) is 2.28. The lowest BCUT2D eigenvalue weighted by Gasteiger charge is -2.06. The van der Waals surface area contributed by atoms with Gasteiger partial charge in [0.25, 0.3) is 11.8 Å². The highest BCUT2D eigenvalue weighted by molar-refractivity contribution is 5.94. The summed E-state index contributed by atoms with van der Waals surface area (Å²) in [4.78, 5) is 16.7. The first-order chi connectivity index (χ1) is 13.7. The molecule has 9 nitrogen and oxygen atoms in total. The van der Waals surface area contributed by atoms with Crippen LogP contribution in [0.5, 0.6) is 5.75 Å². The van der Waals surface area contributed by atoms with Crippen LogP contribution in [0, 0.1) is 0 Å². The molecule has 0 aliphatic rings. The zero-order valence-electron chi connectivity index (χ0n) is 15.4. The number of methoxy groups -OCH3 is 1. The molecule has 28 heavy (non-hydrogen) atoms. The van der Waals surface area contributed by atoms with Crippen LogP contribution in [0.25, 0.3) is 17.1 Å². The monoisotopic (exact) mass is 378 g/mol. The third kappa shape index (κ3) is 3.29. The highest BCUT2D eigenvalue weighted by atomic mass is 16.5. The summed E-state index contributed by atoms with van der Waals surface area (Å²) in [5.41, 5.74) is 1.81. The lowest BCUT2D eigenvalue weighted by molar-refractivity contribution is 0.0949. The molecule has 1 N–H and O–H groups in total. The van der Waals surface area contributed by atoms with Crippen LogP contribution in [-0.4, -0.2) is 37.8 Å². The Hall–Kier alpha value is -3.75. The molecular weight excluding hydrogens is 360 g/mol. The van der Waals surface area contributed by atoms with Gasteiger partial charge in [0.1, 0.15) is 5.75 Å². The molecule has 0 unspecified atom stereocenters. The van der Waals surface area contributed by atoms with Crippen LogP contribution < -0.4 is 10.1 Å². The van der Waals surface area contributed by atoms with E-state index < -0.39 is 0 Å². The van der Waals surface area contributed by atoms with E-state index in [-0.39, 0.29) is 12.5 Å². The number of ether oxygens (including phenoxy) is 1. The predicted molar refractivity (Wildman–Crippen MR) is 99.8 cm³/mol. The minimum atomic E-state index is -0.208. The standard InChI is InChI=1S/C19H18N6O3/c1-3-15-21-19(28-24-15)14-5-4-10-25-16(22-23-17(14)25)11-20-18(26)12-6-8-13(27-2)9-7-12/h4-10H,3,11H2,1-2H3,(H,20,26). The Labute approximate surface area is 160 Å². The maximum atomic E-state index is 12.4. The summed E-state index contributed by atoms with van der Waals surface area (Å²) in [6.45, 7) is 2.18.